The molecule has 1 amide bonds. The number of fused-ring (bicyclic) bond motifs is 1. The Balaban J connectivity index is 1.88. The standard InChI is InChI=1S/C17H13NO4S/c19-17(14-9-8-12-4-1-2-5-13(12)10-14)18-15-6-3-7-16(11-15)23(20,21)22/h1-11H,(H,18,19)(H,20,21,22). The summed E-state index contributed by atoms with van der Waals surface area (Å²) in [6.07, 6.45) is 0. The first-order chi connectivity index (χ1) is 10.9. The Labute approximate surface area is 133 Å². The number of carbonyl (C=O) groups is 1. The fourth-order valence-electron chi connectivity index (χ4n) is 2.27. The molecule has 0 bridgehead atoms. The van der Waals surface area contributed by atoms with Gasteiger partial charge in [-0.2, -0.15) is 8.42 Å². The first-order valence-corrected chi connectivity index (χ1v) is 8.25. The lowest BCUT2D eigenvalue weighted by molar-refractivity contribution is 0.102. The maximum absolute atomic E-state index is 12.3. The third-order valence-electron chi connectivity index (χ3n) is 3.40. The van der Waals surface area contributed by atoms with Gasteiger partial charge >= 0.3 is 0 Å². The monoisotopic (exact) mass is 327 g/mol. The molecule has 0 heterocycles. The summed E-state index contributed by atoms with van der Waals surface area (Å²) in [5, 5.41) is 4.58. The van der Waals surface area contributed by atoms with E-state index in [0.29, 0.717) is 11.3 Å². The quantitative estimate of drug-likeness (QED) is 0.723. The van der Waals surface area contributed by atoms with Gasteiger partial charge in [0.05, 0.1) is 4.90 Å². The minimum atomic E-state index is -4.31. The van der Waals surface area contributed by atoms with Crippen molar-refractivity contribution in [3.05, 3.63) is 72.3 Å². The smallest absolute Gasteiger partial charge is 0.294 e. The molecule has 0 saturated heterocycles. The summed E-state index contributed by atoms with van der Waals surface area (Å²) < 4.78 is 31.3. The molecule has 0 aliphatic rings. The van der Waals surface area contributed by atoms with Crippen LogP contribution in [0.15, 0.2) is 71.6 Å². The highest BCUT2D eigenvalue weighted by molar-refractivity contribution is 7.85. The molecule has 0 fully saturated rings. The maximum atomic E-state index is 12.3. The van der Waals surface area contributed by atoms with Crippen molar-refractivity contribution in [1.82, 2.24) is 0 Å². The van der Waals surface area contributed by atoms with Gasteiger partial charge in [-0.1, -0.05) is 36.4 Å². The Hall–Kier alpha value is -2.70. The topological polar surface area (TPSA) is 83.5 Å². The van der Waals surface area contributed by atoms with Crippen LogP contribution in [0.3, 0.4) is 0 Å². The van der Waals surface area contributed by atoms with Crippen molar-refractivity contribution in [2.75, 3.05) is 5.32 Å². The van der Waals surface area contributed by atoms with Crippen molar-refractivity contribution in [3.8, 4) is 0 Å². The lowest BCUT2D eigenvalue weighted by Crippen LogP contribution is -2.12. The predicted molar refractivity (Wildman–Crippen MR) is 88.2 cm³/mol. The molecule has 0 atom stereocenters. The highest BCUT2D eigenvalue weighted by Gasteiger charge is 2.12. The Morgan fingerprint density at radius 3 is 2.35 bits per heavy atom. The van der Waals surface area contributed by atoms with Crippen LogP contribution in [0.4, 0.5) is 5.69 Å². The van der Waals surface area contributed by atoms with E-state index in [1.807, 2.05) is 30.3 Å². The van der Waals surface area contributed by atoms with Gasteiger partial charge < -0.3 is 5.32 Å². The van der Waals surface area contributed by atoms with Gasteiger partial charge in [-0.25, -0.2) is 0 Å². The van der Waals surface area contributed by atoms with E-state index in [1.165, 1.54) is 18.2 Å². The summed E-state index contributed by atoms with van der Waals surface area (Å²) in [6, 6.07) is 18.4. The SMILES string of the molecule is O=C(Nc1cccc(S(=O)(=O)O)c1)c1ccc2ccccc2c1. The van der Waals surface area contributed by atoms with Crippen molar-refractivity contribution in [1.29, 1.82) is 0 Å². The van der Waals surface area contributed by atoms with Crippen LogP contribution in [0, 0.1) is 0 Å². The largest absolute Gasteiger partial charge is 0.322 e. The summed E-state index contributed by atoms with van der Waals surface area (Å²) in [5.41, 5.74) is 0.749. The van der Waals surface area contributed by atoms with E-state index in [2.05, 4.69) is 5.32 Å². The molecule has 0 aliphatic heterocycles. The van der Waals surface area contributed by atoms with Crippen LogP contribution in [0.1, 0.15) is 10.4 Å². The van der Waals surface area contributed by atoms with E-state index in [9.17, 15) is 13.2 Å². The molecule has 116 valence electrons. The lowest BCUT2D eigenvalue weighted by atomic mass is 10.1. The second kappa shape index (κ2) is 5.83. The Bertz CT molecular complexity index is 996. The second-order valence-corrected chi connectivity index (χ2v) is 6.44. The number of hydrogen-bond acceptors (Lipinski definition) is 3. The van der Waals surface area contributed by atoms with Crippen LogP contribution < -0.4 is 5.32 Å². The molecular formula is C17H13NO4S. The molecule has 3 aromatic carbocycles. The Morgan fingerprint density at radius 2 is 1.61 bits per heavy atom. The summed E-state index contributed by atoms with van der Waals surface area (Å²) in [5.74, 6) is -0.358. The number of amides is 1. The molecule has 5 nitrogen and oxygen atoms in total. The van der Waals surface area contributed by atoms with E-state index in [4.69, 9.17) is 4.55 Å². The molecule has 0 radical (unpaired) electrons. The highest BCUT2D eigenvalue weighted by atomic mass is 32.2. The predicted octanol–water partition coefficient (Wildman–Crippen LogP) is 3.34. The van der Waals surface area contributed by atoms with Crippen LogP contribution in [0.2, 0.25) is 0 Å². The Morgan fingerprint density at radius 1 is 0.870 bits per heavy atom. The maximum Gasteiger partial charge on any atom is 0.294 e. The lowest BCUT2D eigenvalue weighted by Gasteiger charge is -2.07. The molecule has 3 aromatic rings. The first-order valence-electron chi connectivity index (χ1n) is 6.81. The second-order valence-electron chi connectivity index (χ2n) is 5.02. The average molecular weight is 327 g/mol. The fraction of sp³-hybridized carbons (Fsp3) is 0. The van der Waals surface area contributed by atoms with Crippen LogP contribution >= 0.6 is 0 Å². The number of nitrogens with one attached hydrogen (secondary N) is 1. The van der Waals surface area contributed by atoms with E-state index in [-0.39, 0.29) is 10.8 Å². The van der Waals surface area contributed by atoms with Gasteiger partial charge in [-0.05, 0) is 41.1 Å². The number of carbonyl (C=O) groups excluding carboxylic acids is 1. The van der Waals surface area contributed by atoms with Gasteiger partial charge in [0.15, 0.2) is 0 Å². The number of hydrogen-bond donors (Lipinski definition) is 2. The molecule has 0 spiro atoms. The number of rotatable bonds is 3. The van der Waals surface area contributed by atoms with E-state index in [0.717, 1.165) is 10.8 Å². The molecule has 6 heteroatoms. The average Bonchev–Trinajstić information content (AvgIpc) is 2.54. The molecule has 0 saturated carbocycles. The van der Waals surface area contributed by atoms with E-state index < -0.39 is 10.1 Å². The van der Waals surface area contributed by atoms with Gasteiger partial charge in [-0.3, -0.25) is 9.35 Å². The zero-order valence-electron chi connectivity index (χ0n) is 11.9. The van der Waals surface area contributed by atoms with Crippen LogP contribution in [0.25, 0.3) is 10.8 Å². The fourth-order valence-corrected chi connectivity index (χ4v) is 2.79. The van der Waals surface area contributed by atoms with Crippen LogP contribution in [0.5, 0.6) is 0 Å². The molecule has 0 aromatic heterocycles. The zero-order valence-corrected chi connectivity index (χ0v) is 12.7. The highest BCUT2D eigenvalue weighted by Crippen LogP contribution is 2.19. The summed E-state index contributed by atoms with van der Waals surface area (Å²) in [4.78, 5) is 12.0. The zero-order chi connectivity index (χ0) is 16.4. The normalized spacial score (nSPS) is 11.3. The van der Waals surface area contributed by atoms with Crippen molar-refractivity contribution in [2.24, 2.45) is 0 Å². The summed E-state index contributed by atoms with van der Waals surface area (Å²) in [6.45, 7) is 0. The van der Waals surface area contributed by atoms with Gasteiger partial charge in [0.25, 0.3) is 16.0 Å². The Kier molecular flexibility index (Phi) is 3.85. The van der Waals surface area contributed by atoms with E-state index >= 15 is 0 Å². The van der Waals surface area contributed by atoms with Gasteiger partial charge in [0, 0.05) is 11.3 Å². The third-order valence-corrected chi connectivity index (χ3v) is 4.25. The molecule has 2 N–H and O–H groups in total. The van der Waals surface area contributed by atoms with Gasteiger partial charge in [0.1, 0.15) is 0 Å². The van der Waals surface area contributed by atoms with Crippen molar-refractivity contribution in [3.63, 3.8) is 0 Å². The molecule has 0 unspecified atom stereocenters. The van der Waals surface area contributed by atoms with Crippen molar-refractivity contribution < 1.29 is 17.8 Å². The minimum absolute atomic E-state index is 0.270. The molecule has 23 heavy (non-hydrogen) atoms. The molecule has 0 aliphatic carbocycles. The van der Waals surface area contributed by atoms with E-state index in [1.54, 1.807) is 18.2 Å². The van der Waals surface area contributed by atoms with Crippen LogP contribution in [-0.4, -0.2) is 18.9 Å². The van der Waals surface area contributed by atoms with Gasteiger partial charge in [0.2, 0.25) is 0 Å². The van der Waals surface area contributed by atoms with Crippen molar-refractivity contribution >= 4 is 32.5 Å². The third kappa shape index (κ3) is 3.39. The molecular weight excluding hydrogens is 314 g/mol. The van der Waals surface area contributed by atoms with Crippen molar-refractivity contribution in [2.45, 2.75) is 4.90 Å². The van der Waals surface area contributed by atoms with Gasteiger partial charge in [-0.15, -0.1) is 0 Å². The first kappa shape index (κ1) is 15.2. The van der Waals surface area contributed by atoms with Crippen LogP contribution in [-0.2, 0) is 10.1 Å². The summed E-state index contributed by atoms with van der Waals surface area (Å²) >= 11 is 0. The molecule has 3 rings (SSSR count). The summed E-state index contributed by atoms with van der Waals surface area (Å²) in [7, 11) is -4.31. The number of benzene rings is 3. The minimum Gasteiger partial charge on any atom is -0.322 e. The number of anilines is 1.